The zero-order valence-electron chi connectivity index (χ0n) is 22.5. The Kier molecular flexibility index (Phi) is 9.60. The fourth-order valence-electron chi connectivity index (χ4n) is 4.35. The number of benzene rings is 3. The van der Waals surface area contributed by atoms with Crippen molar-refractivity contribution in [3.8, 4) is 17.2 Å². The third kappa shape index (κ3) is 7.95. The normalized spacial score (nSPS) is 14.0. The van der Waals surface area contributed by atoms with Crippen molar-refractivity contribution in [2.45, 2.75) is 12.7 Å². The molecule has 1 saturated heterocycles. The molecule has 4 rings (SSSR count). The second-order valence-electron chi connectivity index (χ2n) is 9.24. The van der Waals surface area contributed by atoms with Gasteiger partial charge in [-0.05, 0) is 66.2 Å². The number of methoxy groups -OCH3 is 2. The summed E-state index contributed by atoms with van der Waals surface area (Å²) in [5.41, 5.74) is 1.45. The van der Waals surface area contributed by atoms with Crippen molar-refractivity contribution < 1.29 is 32.2 Å². The molecule has 0 aliphatic carbocycles. The Morgan fingerprint density at radius 2 is 1.57 bits per heavy atom. The topological polar surface area (TPSA) is 75.3 Å². The zero-order chi connectivity index (χ0) is 28.5. The molecule has 2 amide bonds. The SMILES string of the molecule is COc1ccc(N2CCN(CCOc3ccc(CNC(=O)Nc4ccc(C(F)(F)F)cc4)cc3OC)CC2)cc1. The van der Waals surface area contributed by atoms with Crippen LogP contribution < -0.4 is 29.7 Å². The van der Waals surface area contributed by atoms with E-state index in [1.807, 2.05) is 18.2 Å². The number of carbonyl (C=O) groups excluding carboxylic acids is 1. The number of ether oxygens (including phenoxy) is 3. The Balaban J connectivity index is 1.19. The minimum atomic E-state index is -4.43. The minimum absolute atomic E-state index is 0.196. The van der Waals surface area contributed by atoms with E-state index in [-0.39, 0.29) is 12.2 Å². The van der Waals surface area contributed by atoms with Gasteiger partial charge in [-0.2, -0.15) is 13.2 Å². The average molecular weight is 559 g/mol. The van der Waals surface area contributed by atoms with Gasteiger partial charge in [0, 0.05) is 50.6 Å². The van der Waals surface area contributed by atoms with E-state index in [4.69, 9.17) is 14.2 Å². The first-order valence-corrected chi connectivity index (χ1v) is 12.9. The van der Waals surface area contributed by atoms with Crippen molar-refractivity contribution in [1.82, 2.24) is 10.2 Å². The number of piperazine rings is 1. The maximum absolute atomic E-state index is 12.7. The summed E-state index contributed by atoms with van der Waals surface area (Å²) in [7, 11) is 3.21. The quantitative estimate of drug-likeness (QED) is 0.354. The molecule has 3 aromatic carbocycles. The smallest absolute Gasteiger partial charge is 0.416 e. The molecular weight excluding hydrogens is 525 g/mol. The van der Waals surface area contributed by atoms with E-state index in [2.05, 4.69) is 32.6 Å². The van der Waals surface area contributed by atoms with E-state index in [0.29, 0.717) is 18.1 Å². The van der Waals surface area contributed by atoms with E-state index < -0.39 is 17.8 Å². The maximum Gasteiger partial charge on any atom is 0.416 e. The highest BCUT2D eigenvalue weighted by Gasteiger charge is 2.30. The number of amides is 2. The number of urea groups is 1. The molecule has 1 aliphatic heterocycles. The van der Waals surface area contributed by atoms with E-state index in [1.165, 1.54) is 17.8 Å². The summed E-state index contributed by atoms with van der Waals surface area (Å²) in [6.45, 7) is 5.23. The Labute approximate surface area is 231 Å². The van der Waals surface area contributed by atoms with Gasteiger partial charge in [0.15, 0.2) is 11.5 Å². The van der Waals surface area contributed by atoms with Gasteiger partial charge < -0.3 is 29.7 Å². The van der Waals surface area contributed by atoms with Gasteiger partial charge in [0.05, 0.1) is 19.8 Å². The van der Waals surface area contributed by atoms with Gasteiger partial charge in [0.2, 0.25) is 0 Å². The molecule has 0 saturated carbocycles. The Bertz CT molecular complexity index is 1250. The average Bonchev–Trinajstić information content (AvgIpc) is 2.96. The number of nitrogens with zero attached hydrogens (tertiary/aromatic N) is 2. The number of halogens is 3. The molecule has 8 nitrogen and oxygen atoms in total. The lowest BCUT2D eigenvalue weighted by molar-refractivity contribution is -0.137. The highest BCUT2D eigenvalue weighted by molar-refractivity contribution is 5.89. The Hall–Kier alpha value is -4.12. The van der Waals surface area contributed by atoms with E-state index >= 15 is 0 Å². The lowest BCUT2D eigenvalue weighted by Gasteiger charge is -2.36. The highest BCUT2D eigenvalue weighted by Crippen LogP contribution is 2.30. The summed E-state index contributed by atoms with van der Waals surface area (Å²) in [6.07, 6.45) is -4.43. The molecule has 3 aromatic rings. The third-order valence-corrected chi connectivity index (χ3v) is 6.63. The van der Waals surface area contributed by atoms with Gasteiger partial charge in [-0.25, -0.2) is 4.79 Å². The molecule has 1 fully saturated rings. The summed E-state index contributed by atoms with van der Waals surface area (Å²) in [4.78, 5) is 16.9. The number of anilines is 2. The Morgan fingerprint density at radius 1 is 0.875 bits per heavy atom. The van der Waals surface area contributed by atoms with Crippen molar-refractivity contribution in [2.75, 3.05) is 63.8 Å². The van der Waals surface area contributed by atoms with Crippen molar-refractivity contribution in [3.63, 3.8) is 0 Å². The van der Waals surface area contributed by atoms with E-state index in [0.717, 1.165) is 56.2 Å². The number of nitrogens with one attached hydrogen (secondary N) is 2. The summed E-state index contributed by atoms with van der Waals surface area (Å²) in [6, 6.07) is 17.2. The largest absolute Gasteiger partial charge is 0.497 e. The van der Waals surface area contributed by atoms with Crippen LogP contribution >= 0.6 is 0 Å². The van der Waals surface area contributed by atoms with Crippen LogP contribution in [0.25, 0.3) is 0 Å². The summed E-state index contributed by atoms with van der Waals surface area (Å²) in [5, 5.41) is 5.21. The molecule has 40 heavy (non-hydrogen) atoms. The standard InChI is InChI=1S/C29H33F3N4O4/c1-38-25-10-8-24(9-11-25)36-15-13-35(14-16-36)17-18-40-26-12-3-21(19-27(26)39-2)20-33-28(37)34-23-6-4-22(5-7-23)29(30,31)32/h3-12,19H,13-18,20H2,1-2H3,(H2,33,34,37). The van der Waals surface area contributed by atoms with Gasteiger partial charge >= 0.3 is 12.2 Å². The lowest BCUT2D eigenvalue weighted by atomic mass is 10.2. The monoisotopic (exact) mass is 558 g/mol. The van der Waals surface area contributed by atoms with Crippen LogP contribution in [-0.4, -0.2) is 64.5 Å². The van der Waals surface area contributed by atoms with Crippen molar-refractivity contribution in [3.05, 3.63) is 77.9 Å². The van der Waals surface area contributed by atoms with Crippen LogP contribution in [0.15, 0.2) is 66.7 Å². The molecule has 0 bridgehead atoms. The van der Waals surface area contributed by atoms with Crippen LogP contribution in [0.4, 0.5) is 29.3 Å². The number of carbonyl (C=O) groups is 1. The first-order chi connectivity index (χ1) is 19.2. The van der Waals surface area contributed by atoms with Gasteiger partial charge in [0.25, 0.3) is 0 Å². The molecule has 0 radical (unpaired) electrons. The lowest BCUT2D eigenvalue weighted by Crippen LogP contribution is -2.47. The molecule has 11 heteroatoms. The molecule has 214 valence electrons. The number of hydrogen-bond donors (Lipinski definition) is 2. The molecule has 0 unspecified atom stereocenters. The van der Waals surface area contributed by atoms with Gasteiger partial charge in [-0.15, -0.1) is 0 Å². The van der Waals surface area contributed by atoms with Gasteiger partial charge in [-0.1, -0.05) is 6.07 Å². The number of rotatable bonds is 10. The minimum Gasteiger partial charge on any atom is -0.497 e. The molecule has 0 spiro atoms. The van der Waals surface area contributed by atoms with Crippen molar-refractivity contribution >= 4 is 17.4 Å². The first-order valence-electron chi connectivity index (χ1n) is 12.9. The van der Waals surface area contributed by atoms with Gasteiger partial charge in [0.1, 0.15) is 12.4 Å². The van der Waals surface area contributed by atoms with Crippen LogP contribution in [0.3, 0.4) is 0 Å². The Morgan fingerprint density at radius 3 is 2.20 bits per heavy atom. The van der Waals surface area contributed by atoms with E-state index in [1.54, 1.807) is 26.4 Å². The fourth-order valence-corrected chi connectivity index (χ4v) is 4.35. The molecule has 1 aliphatic rings. The predicted octanol–water partition coefficient (Wildman–Crippen LogP) is 5.25. The highest BCUT2D eigenvalue weighted by atomic mass is 19.4. The summed E-state index contributed by atoms with van der Waals surface area (Å²) < 4.78 is 54.8. The molecule has 0 aromatic heterocycles. The number of hydrogen-bond acceptors (Lipinski definition) is 6. The molecule has 1 heterocycles. The summed E-state index contributed by atoms with van der Waals surface area (Å²) >= 11 is 0. The van der Waals surface area contributed by atoms with Crippen molar-refractivity contribution in [1.29, 1.82) is 0 Å². The molecule has 0 atom stereocenters. The van der Waals surface area contributed by atoms with Crippen LogP contribution in [0, 0.1) is 0 Å². The van der Waals surface area contributed by atoms with Crippen LogP contribution in [0.5, 0.6) is 17.2 Å². The second kappa shape index (κ2) is 13.3. The predicted molar refractivity (Wildman–Crippen MR) is 147 cm³/mol. The number of alkyl halides is 3. The van der Waals surface area contributed by atoms with Crippen LogP contribution in [-0.2, 0) is 12.7 Å². The molecule has 2 N–H and O–H groups in total. The maximum atomic E-state index is 12.7. The van der Waals surface area contributed by atoms with Gasteiger partial charge in [-0.3, -0.25) is 4.90 Å². The fraction of sp³-hybridized carbons (Fsp3) is 0.345. The zero-order valence-corrected chi connectivity index (χ0v) is 22.5. The first kappa shape index (κ1) is 28.9. The van der Waals surface area contributed by atoms with E-state index in [9.17, 15) is 18.0 Å². The third-order valence-electron chi connectivity index (χ3n) is 6.63. The van der Waals surface area contributed by atoms with Crippen molar-refractivity contribution in [2.24, 2.45) is 0 Å². The molecular formula is C29H33F3N4O4. The summed E-state index contributed by atoms with van der Waals surface area (Å²) in [5.74, 6) is 2.01. The second-order valence-corrected chi connectivity index (χ2v) is 9.24. The van der Waals surface area contributed by atoms with Crippen LogP contribution in [0.2, 0.25) is 0 Å². The van der Waals surface area contributed by atoms with Crippen LogP contribution in [0.1, 0.15) is 11.1 Å².